The molecule has 0 spiro atoms. The van der Waals surface area contributed by atoms with Gasteiger partial charge in [-0.1, -0.05) is 35.1 Å². The summed E-state index contributed by atoms with van der Waals surface area (Å²) in [7, 11) is 0. The zero-order chi connectivity index (χ0) is 19.4. The van der Waals surface area contributed by atoms with Crippen molar-refractivity contribution in [2.75, 3.05) is 31.1 Å². The molecule has 142 valence electrons. The van der Waals surface area contributed by atoms with Gasteiger partial charge in [0.2, 0.25) is 0 Å². The van der Waals surface area contributed by atoms with Crippen LogP contribution in [0.5, 0.6) is 0 Å². The number of anilines is 1. The van der Waals surface area contributed by atoms with E-state index < -0.39 is 0 Å². The molecular weight excluding hydrogens is 385 g/mol. The van der Waals surface area contributed by atoms with Gasteiger partial charge in [-0.05, 0) is 44.2 Å². The van der Waals surface area contributed by atoms with E-state index in [2.05, 4.69) is 18.8 Å². The van der Waals surface area contributed by atoms with Crippen molar-refractivity contribution < 1.29 is 14.1 Å². The van der Waals surface area contributed by atoms with Crippen LogP contribution < -0.4 is 9.80 Å². The largest absolute Gasteiger partial charge is 0.334 e. The second-order valence-corrected chi connectivity index (χ2v) is 7.70. The van der Waals surface area contributed by atoms with Crippen LogP contribution in [0.15, 0.2) is 42.5 Å². The topological polar surface area (TPSA) is 37.6 Å². The Hall–Kier alpha value is -2.02. The van der Waals surface area contributed by atoms with E-state index in [0.717, 1.165) is 24.3 Å². The lowest BCUT2D eigenvalue weighted by Crippen LogP contribution is -3.12. The third kappa shape index (κ3) is 4.46. The molecule has 0 saturated carbocycles. The number of para-hydroxylation sites is 1. The number of quaternary nitrogens is 1. The first-order valence-corrected chi connectivity index (χ1v) is 10.2. The summed E-state index contributed by atoms with van der Waals surface area (Å²) in [6.07, 6.45) is 0. The van der Waals surface area contributed by atoms with Crippen LogP contribution >= 0.6 is 22.9 Å². The van der Waals surface area contributed by atoms with Crippen molar-refractivity contribution in [1.82, 2.24) is 4.98 Å². The number of fused-ring (bicyclic) bond motifs is 1. The molecule has 1 N–H and O–H groups in total. The maximum Gasteiger partial charge on any atom is 0.260 e. The quantitative estimate of drug-likeness (QED) is 0.650. The van der Waals surface area contributed by atoms with Gasteiger partial charge in [0.25, 0.3) is 5.91 Å². The number of carbonyl (C=O) groups excluding carboxylic acids is 1. The second kappa shape index (κ2) is 8.78. The molecule has 0 fully saturated rings. The highest BCUT2D eigenvalue weighted by Gasteiger charge is 2.23. The van der Waals surface area contributed by atoms with Crippen molar-refractivity contribution in [1.29, 1.82) is 0 Å². The Labute approximate surface area is 167 Å². The van der Waals surface area contributed by atoms with E-state index in [4.69, 9.17) is 11.6 Å². The zero-order valence-electron chi connectivity index (χ0n) is 15.3. The number of nitrogens with zero attached hydrogens (tertiary/aromatic N) is 2. The van der Waals surface area contributed by atoms with Crippen LogP contribution in [0, 0.1) is 5.82 Å². The number of rotatable bonds is 7. The highest BCUT2D eigenvalue weighted by atomic mass is 35.5. The van der Waals surface area contributed by atoms with Gasteiger partial charge in [-0.3, -0.25) is 9.69 Å². The molecule has 0 unspecified atom stereocenters. The minimum atomic E-state index is -0.375. The fourth-order valence-electron chi connectivity index (χ4n) is 2.95. The van der Waals surface area contributed by atoms with E-state index in [1.807, 2.05) is 6.07 Å². The Bertz CT molecular complexity index is 942. The summed E-state index contributed by atoms with van der Waals surface area (Å²) in [6, 6.07) is 11.7. The molecule has 0 saturated heterocycles. The molecule has 0 aliphatic heterocycles. The first-order valence-electron chi connectivity index (χ1n) is 8.99. The van der Waals surface area contributed by atoms with Crippen molar-refractivity contribution in [2.45, 2.75) is 13.8 Å². The van der Waals surface area contributed by atoms with Gasteiger partial charge in [-0.25, -0.2) is 9.37 Å². The van der Waals surface area contributed by atoms with Gasteiger partial charge in [-0.15, -0.1) is 0 Å². The number of carbonyl (C=O) groups is 1. The van der Waals surface area contributed by atoms with Crippen LogP contribution in [0.1, 0.15) is 24.2 Å². The Kier molecular flexibility index (Phi) is 6.42. The van der Waals surface area contributed by atoms with Crippen molar-refractivity contribution in [2.24, 2.45) is 0 Å². The van der Waals surface area contributed by atoms with E-state index in [1.54, 1.807) is 35.2 Å². The lowest BCUT2D eigenvalue weighted by Gasteiger charge is -2.23. The van der Waals surface area contributed by atoms with Crippen molar-refractivity contribution in [3.63, 3.8) is 0 Å². The monoisotopic (exact) mass is 406 g/mol. The zero-order valence-corrected chi connectivity index (χ0v) is 16.9. The maximum absolute atomic E-state index is 14.1. The Morgan fingerprint density at radius 3 is 2.63 bits per heavy atom. The molecule has 1 amide bonds. The number of nitrogens with one attached hydrogen (secondary N) is 1. The van der Waals surface area contributed by atoms with Gasteiger partial charge in [0, 0.05) is 10.6 Å². The molecule has 0 radical (unpaired) electrons. The average Bonchev–Trinajstić information content (AvgIpc) is 3.10. The summed E-state index contributed by atoms with van der Waals surface area (Å²) < 4.78 is 14.8. The summed E-state index contributed by atoms with van der Waals surface area (Å²) in [5.74, 6) is -0.553. The van der Waals surface area contributed by atoms with Gasteiger partial charge in [0.05, 0.1) is 30.9 Å². The molecule has 0 atom stereocenters. The molecule has 7 heteroatoms. The molecule has 3 aromatic rings. The van der Waals surface area contributed by atoms with Gasteiger partial charge in [-0.2, -0.15) is 0 Å². The van der Waals surface area contributed by atoms with Crippen LogP contribution in [0.2, 0.25) is 5.02 Å². The molecule has 1 aromatic heterocycles. The van der Waals surface area contributed by atoms with Gasteiger partial charge in [0.1, 0.15) is 11.3 Å². The SMILES string of the molecule is CC[NH+](CC)CCN(C(=O)c1cccc(Cl)c1)c1nc2c(F)cccc2s1. The number of thiazole rings is 1. The number of aromatic nitrogens is 1. The molecule has 1 heterocycles. The number of amides is 1. The van der Waals surface area contributed by atoms with Gasteiger partial charge < -0.3 is 4.90 Å². The summed E-state index contributed by atoms with van der Waals surface area (Å²) >= 11 is 7.38. The first-order chi connectivity index (χ1) is 13.0. The minimum Gasteiger partial charge on any atom is -0.334 e. The molecular formula is C20H22ClFN3OS+. The highest BCUT2D eigenvalue weighted by Crippen LogP contribution is 2.31. The minimum absolute atomic E-state index is 0.177. The molecule has 3 rings (SSSR count). The fourth-order valence-corrected chi connectivity index (χ4v) is 4.15. The number of hydrogen-bond donors (Lipinski definition) is 1. The second-order valence-electron chi connectivity index (χ2n) is 6.26. The van der Waals surface area contributed by atoms with Crippen molar-refractivity contribution >= 4 is 44.2 Å². The predicted molar refractivity (Wildman–Crippen MR) is 110 cm³/mol. The predicted octanol–water partition coefficient (Wildman–Crippen LogP) is 3.66. The smallest absolute Gasteiger partial charge is 0.260 e. The summed E-state index contributed by atoms with van der Waals surface area (Å²) in [4.78, 5) is 20.6. The summed E-state index contributed by atoms with van der Waals surface area (Å²) in [5, 5.41) is 1.01. The summed E-state index contributed by atoms with van der Waals surface area (Å²) in [6.45, 7) is 7.49. The molecule has 27 heavy (non-hydrogen) atoms. The first kappa shape index (κ1) is 19.7. The lowest BCUT2D eigenvalue weighted by molar-refractivity contribution is -0.894. The third-order valence-electron chi connectivity index (χ3n) is 4.60. The maximum atomic E-state index is 14.1. The van der Waals surface area contributed by atoms with E-state index in [-0.39, 0.29) is 11.7 Å². The standard InChI is InChI=1S/C20H21ClFN3OS/c1-3-24(4-2)11-12-25(19(26)14-7-5-8-15(21)13-14)20-23-18-16(22)9-6-10-17(18)27-20/h5-10,13H,3-4,11-12H2,1-2H3/p+1. The van der Waals surface area contributed by atoms with Crippen molar-refractivity contribution in [3.8, 4) is 0 Å². The Balaban J connectivity index is 1.97. The Morgan fingerprint density at radius 1 is 1.22 bits per heavy atom. The average molecular weight is 407 g/mol. The molecule has 4 nitrogen and oxygen atoms in total. The molecule has 0 aliphatic rings. The normalized spacial score (nSPS) is 11.3. The van der Waals surface area contributed by atoms with E-state index in [9.17, 15) is 9.18 Å². The van der Waals surface area contributed by atoms with Crippen LogP contribution in [0.25, 0.3) is 10.2 Å². The lowest BCUT2D eigenvalue weighted by atomic mass is 10.2. The Morgan fingerprint density at radius 2 is 1.96 bits per heavy atom. The van der Waals surface area contributed by atoms with Crippen molar-refractivity contribution in [3.05, 3.63) is 58.9 Å². The summed E-state index contributed by atoms with van der Waals surface area (Å²) in [5.41, 5.74) is 0.799. The van der Waals surface area contributed by atoms with Gasteiger partial charge >= 0.3 is 0 Å². The van der Waals surface area contributed by atoms with Crippen LogP contribution in [0.4, 0.5) is 9.52 Å². The number of likely N-dealkylation sites (N-methyl/N-ethyl adjacent to an activating group) is 1. The van der Waals surface area contributed by atoms with E-state index >= 15 is 0 Å². The highest BCUT2D eigenvalue weighted by molar-refractivity contribution is 7.22. The van der Waals surface area contributed by atoms with Crippen LogP contribution in [-0.2, 0) is 0 Å². The van der Waals surface area contributed by atoms with Crippen LogP contribution in [0.3, 0.4) is 0 Å². The third-order valence-corrected chi connectivity index (χ3v) is 5.87. The fraction of sp³-hybridized carbons (Fsp3) is 0.300. The van der Waals surface area contributed by atoms with E-state index in [0.29, 0.717) is 27.8 Å². The van der Waals surface area contributed by atoms with Crippen LogP contribution in [-0.4, -0.2) is 37.1 Å². The van der Waals surface area contributed by atoms with E-state index in [1.165, 1.54) is 22.3 Å². The number of halogens is 2. The number of hydrogen-bond acceptors (Lipinski definition) is 3. The number of benzene rings is 2. The molecule has 2 aromatic carbocycles. The molecule has 0 aliphatic carbocycles. The van der Waals surface area contributed by atoms with Gasteiger partial charge in [0.15, 0.2) is 5.13 Å². The molecule has 0 bridgehead atoms.